The topological polar surface area (TPSA) is 105 Å². The summed E-state index contributed by atoms with van der Waals surface area (Å²) in [6, 6.07) is 7.97. The van der Waals surface area contributed by atoms with Crippen molar-refractivity contribution in [3.63, 3.8) is 0 Å². The molecule has 7 heteroatoms. The van der Waals surface area contributed by atoms with Crippen LogP contribution in [-0.2, 0) is 0 Å². The Kier molecular flexibility index (Phi) is 6.35. The van der Waals surface area contributed by atoms with Crippen LogP contribution in [0.2, 0.25) is 0 Å². The van der Waals surface area contributed by atoms with E-state index < -0.39 is 0 Å². The third-order valence-corrected chi connectivity index (χ3v) is 5.64. The van der Waals surface area contributed by atoms with Crippen molar-refractivity contribution in [3.05, 3.63) is 50.1 Å². The molecule has 0 saturated carbocycles. The summed E-state index contributed by atoms with van der Waals surface area (Å²) in [6.07, 6.45) is 7.24. The maximum atomic E-state index is 9.72. The molecule has 0 saturated heterocycles. The summed E-state index contributed by atoms with van der Waals surface area (Å²) in [5.74, 6) is 3.65. The predicted molar refractivity (Wildman–Crippen MR) is 124 cm³/mol. The van der Waals surface area contributed by atoms with E-state index in [4.69, 9.17) is 21.6 Å². The molecule has 3 rings (SSSR count). The van der Waals surface area contributed by atoms with E-state index in [0.29, 0.717) is 40.5 Å². The number of nitriles is 2. The van der Waals surface area contributed by atoms with Gasteiger partial charge in [0, 0.05) is 10.0 Å². The molecule has 0 aliphatic heterocycles. The van der Waals surface area contributed by atoms with Gasteiger partial charge in [-0.1, -0.05) is 21.9 Å². The molecule has 1 aliphatic rings. The highest BCUT2D eigenvalue weighted by atomic mass is 79.9. The molecule has 0 radical (unpaired) electrons. The van der Waals surface area contributed by atoms with E-state index >= 15 is 0 Å². The van der Waals surface area contributed by atoms with E-state index in [9.17, 15) is 10.5 Å². The van der Waals surface area contributed by atoms with Crippen LogP contribution in [0.1, 0.15) is 41.8 Å². The summed E-state index contributed by atoms with van der Waals surface area (Å²) < 4.78 is 12.1. The number of nitrogens with zero attached hydrogens (tertiary/aromatic N) is 3. The van der Waals surface area contributed by atoms with Gasteiger partial charge in [-0.05, 0) is 61.3 Å². The van der Waals surface area contributed by atoms with Crippen LogP contribution in [0.4, 0.5) is 5.82 Å². The number of hydrogen-bond donors (Lipinski definition) is 1. The second-order valence-corrected chi connectivity index (χ2v) is 7.60. The molecule has 1 heterocycles. The van der Waals surface area contributed by atoms with Crippen molar-refractivity contribution in [1.82, 2.24) is 4.98 Å². The molecule has 31 heavy (non-hydrogen) atoms. The van der Waals surface area contributed by atoms with Gasteiger partial charge in [0.15, 0.2) is 11.5 Å². The molecule has 154 valence electrons. The van der Waals surface area contributed by atoms with Crippen LogP contribution in [0.15, 0.2) is 22.2 Å². The van der Waals surface area contributed by atoms with Crippen molar-refractivity contribution < 1.29 is 9.47 Å². The highest BCUT2D eigenvalue weighted by Gasteiger charge is 2.30. The lowest BCUT2D eigenvalue weighted by atomic mass is 9.95. The van der Waals surface area contributed by atoms with Crippen LogP contribution >= 0.6 is 15.9 Å². The fraction of sp³-hybridized carbons (Fsp3) is 0.208. The van der Waals surface area contributed by atoms with Gasteiger partial charge < -0.3 is 15.2 Å². The monoisotopic (exact) mass is 474 g/mol. The molecule has 0 amide bonds. The molecule has 2 aromatic rings. The molecule has 1 aliphatic carbocycles. The minimum atomic E-state index is 0.121. The Bertz CT molecular complexity index is 1270. The molecule has 0 atom stereocenters. The van der Waals surface area contributed by atoms with Crippen LogP contribution in [0.3, 0.4) is 0 Å². The van der Waals surface area contributed by atoms with Crippen molar-refractivity contribution in [1.29, 1.82) is 10.5 Å². The highest BCUT2D eigenvalue weighted by molar-refractivity contribution is 9.10. The van der Waals surface area contributed by atoms with Crippen molar-refractivity contribution in [2.45, 2.75) is 20.8 Å². The zero-order valence-electron chi connectivity index (χ0n) is 17.3. The minimum absolute atomic E-state index is 0.121. The van der Waals surface area contributed by atoms with Gasteiger partial charge in [0.2, 0.25) is 0 Å². The average molecular weight is 475 g/mol. The van der Waals surface area contributed by atoms with Gasteiger partial charge in [0.1, 0.15) is 24.6 Å². The number of nitrogens with two attached hydrogens (primary N) is 1. The number of pyridine rings is 1. The number of terminal acetylenes is 1. The molecule has 1 aromatic carbocycles. The van der Waals surface area contributed by atoms with Crippen LogP contribution < -0.4 is 15.2 Å². The fourth-order valence-corrected chi connectivity index (χ4v) is 3.95. The molecular weight excluding hydrogens is 456 g/mol. The number of anilines is 1. The zero-order chi connectivity index (χ0) is 22.7. The Labute approximate surface area is 189 Å². The fourth-order valence-electron chi connectivity index (χ4n) is 3.51. The van der Waals surface area contributed by atoms with Gasteiger partial charge in [-0.15, -0.1) is 6.42 Å². The van der Waals surface area contributed by atoms with Gasteiger partial charge in [0.05, 0.1) is 23.4 Å². The van der Waals surface area contributed by atoms with E-state index in [2.05, 4.69) is 39.0 Å². The second kappa shape index (κ2) is 8.96. The van der Waals surface area contributed by atoms with E-state index in [1.54, 1.807) is 6.07 Å². The normalized spacial score (nSPS) is 13.4. The standard InChI is InChI=1S/C24H19BrN4O2/c1-5-7-31-21-10-19(25)15(9-20(21)30-6-2)8-16-13(3)17(11-26)23-22(16)14(4)18(12-27)24(28)29-23/h1,8-10H,6-7H2,2-4H3,(H2,28,29). The summed E-state index contributed by atoms with van der Waals surface area (Å²) in [5.41, 5.74) is 11.0. The number of benzene rings is 1. The Balaban J connectivity index is 2.25. The van der Waals surface area contributed by atoms with Gasteiger partial charge >= 0.3 is 0 Å². The molecule has 0 bridgehead atoms. The Hall–Kier alpha value is -3.73. The summed E-state index contributed by atoms with van der Waals surface area (Å²) in [4.78, 5) is 4.36. The third kappa shape index (κ3) is 3.87. The first-order valence-corrected chi connectivity index (χ1v) is 10.2. The first-order valence-electron chi connectivity index (χ1n) is 9.44. The maximum absolute atomic E-state index is 9.72. The maximum Gasteiger partial charge on any atom is 0.163 e. The number of ether oxygens (including phenoxy) is 2. The van der Waals surface area contributed by atoms with Crippen LogP contribution in [0.25, 0.3) is 17.2 Å². The first-order chi connectivity index (χ1) is 14.9. The lowest BCUT2D eigenvalue weighted by Crippen LogP contribution is -2.04. The minimum Gasteiger partial charge on any atom is -0.490 e. The van der Waals surface area contributed by atoms with Gasteiger partial charge in [-0.2, -0.15) is 10.5 Å². The molecule has 0 unspecified atom stereocenters. The number of hydrogen-bond acceptors (Lipinski definition) is 6. The average Bonchev–Trinajstić information content (AvgIpc) is 3.00. The number of rotatable bonds is 5. The SMILES string of the molecule is C#CCOc1cc(Br)c(C=C2C(C)=C(C#N)c3nc(N)c(C#N)c(C)c32)cc1OCC. The van der Waals surface area contributed by atoms with Gasteiger partial charge in [0.25, 0.3) is 0 Å². The second-order valence-electron chi connectivity index (χ2n) is 6.75. The van der Waals surface area contributed by atoms with Crippen LogP contribution in [-0.4, -0.2) is 18.2 Å². The van der Waals surface area contributed by atoms with E-state index in [1.165, 1.54) is 0 Å². The molecule has 0 fully saturated rings. The molecular formula is C24H19BrN4O2. The number of halogens is 1. The first kappa shape index (κ1) is 22.0. The molecule has 2 N–H and O–H groups in total. The van der Waals surface area contributed by atoms with Crippen molar-refractivity contribution in [2.75, 3.05) is 18.9 Å². The van der Waals surface area contributed by atoms with Crippen LogP contribution in [0.5, 0.6) is 11.5 Å². The molecule has 1 aromatic heterocycles. The van der Waals surface area contributed by atoms with E-state index in [-0.39, 0.29) is 12.4 Å². The number of nitrogen functional groups attached to an aromatic ring is 1. The lowest BCUT2D eigenvalue weighted by Gasteiger charge is -2.14. The Morgan fingerprint density at radius 1 is 1.19 bits per heavy atom. The summed E-state index contributed by atoms with van der Waals surface area (Å²) in [6.45, 7) is 6.13. The zero-order valence-corrected chi connectivity index (χ0v) is 18.9. The van der Waals surface area contributed by atoms with E-state index in [1.807, 2.05) is 32.9 Å². The smallest absolute Gasteiger partial charge is 0.163 e. The molecule has 0 spiro atoms. The largest absolute Gasteiger partial charge is 0.490 e. The summed E-state index contributed by atoms with van der Waals surface area (Å²) in [5, 5.41) is 19.2. The molecule has 6 nitrogen and oxygen atoms in total. The van der Waals surface area contributed by atoms with Gasteiger partial charge in [-0.25, -0.2) is 4.98 Å². The number of aromatic nitrogens is 1. The predicted octanol–water partition coefficient (Wildman–Crippen LogP) is 4.87. The Morgan fingerprint density at radius 2 is 1.90 bits per heavy atom. The van der Waals surface area contributed by atoms with E-state index in [0.717, 1.165) is 26.7 Å². The van der Waals surface area contributed by atoms with Gasteiger partial charge in [-0.3, -0.25) is 0 Å². The summed E-state index contributed by atoms with van der Waals surface area (Å²) >= 11 is 3.58. The van der Waals surface area contributed by atoms with Crippen molar-refractivity contribution >= 4 is 39.0 Å². The van der Waals surface area contributed by atoms with Crippen LogP contribution in [0, 0.1) is 41.9 Å². The van der Waals surface area contributed by atoms with Crippen molar-refractivity contribution in [3.8, 4) is 36.0 Å². The Morgan fingerprint density at radius 3 is 2.52 bits per heavy atom. The third-order valence-electron chi connectivity index (χ3n) is 4.96. The number of fused-ring (bicyclic) bond motifs is 1. The quantitative estimate of drug-likeness (QED) is 0.619. The highest BCUT2D eigenvalue weighted by Crippen LogP contribution is 2.45. The lowest BCUT2D eigenvalue weighted by molar-refractivity contribution is 0.299. The number of allylic oxidation sites excluding steroid dienone is 3. The summed E-state index contributed by atoms with van der Waals surface area (Å²) in [7, 11) is 0. The van der Waals surface area contributed by atoms with Crippen molar-refractivity contribution in [2.24, 2.45) is 0 Å².